The first-order valence-electron chi connectivity index (χ1n) is 5.57. The van der Waals surface area contributed by atoms with E-state index in [0.29, 0.717) is 22.5 Å². The number of carbonyl (C=O) groups excluding carboxylic acids is 2. The Morgan fingerprint density at radius 2 is 2.22 bits per heavy atom. The van der Waals surface area contributed by atoms with Crippen molar-refractivity contribution in [2.24, 2.45) is 5.92 Å². The Kier molecular flexibility index (Phi) is 5.57. The number of thiazole rings is 1. The molecule has 1 heterocycles. The zero-order valence-electron chi connectivity index (χ0n) is 10.6. The maximum atomic E-state index is 11.4. The van der Waals surface area contributed by atoms with Crippen LogP contribution in [0.1, 0.15) is 23.5 Å². The number of esters is 1. The van der Waals surface area contributed by atoms with Crippen LogP contribution in [0.15, 0.2) is 6.20 Å². The first-order valence-corrected chi connectivity index (χ1v) is 6.39. The van der Waals surface area contributed by atoms with E-state index in [0.717, 1.165) is 11.3 Å². The van der Waals surface area contributed by atoms with Gasteiger partial charge in [-0.3, -0.25) is 4.79 Å². The first-order chi connectivity index (χ1) is 8.52. The van der Waals surface area contributed by atoms with E-state index >= 15 is 0 Å². The molecule has 0 aliphatic heterocycles. The molecule has 0 saturated carbocycles. The fraction of sp³-hybridized carbons (Fsp3) is 0.545. The summed E-state index contributed by atoms with van der Waals surface area (Å²) >= 11 is 1.16. The lowest BCUT2D eigenvalue weighted by Gasteiger charge is -2.07. The molecule has 0 fully saturated rings. The van der Waals surface area contributed by atoms with Gasteiger partial charge in [-0.25, -0.2) is 9.78 Å². The molecule has 6 nitrogen and oxygen atoms in total. The molecular weight excluding hydrogens is 254 g/mol. The third kappa shape index (κ3) is 4.70. The van der Waals surface area contributed by atoms with Crippen LogP contribution < -0.4 is 10.6 Å². The van der Waals surface area contributed by atoms with Crippen molar-refractivity contribution in [1.82, 2.24) is 10.3 Å². The van der Waals surface area contributed by atoms with Gasteiger partial charge in [-0.15, -0.1) is 0 Å². The zero-order valence-corrected chi connectivity index (χ0v) is 11.5. The van der Waals surface area contributed by atoms with Gasteiger partial charge in [-0.2, -0.15) is 0 Å². The van der Waals surface area contributed by atoms with Crippen LogP contribution in [-0.4, -0.2) is 37.1 Å². The van der Waals surface area contributed by atoms with Crippen LogP contribution in [-0.2, 0) is 9.53 Å². The number of hydrogen-bond donors (Lipinski definition) is 2. The highest BCUT2D eigenvalue weighted by molar-refractivity contribution is 7.17. The number of nitrogens with one attached hydrogen (secondary N) is 2. The molecule has 0 radical (unpaired) electrons. The normalized spacial score (nSPS) is 10.2. The highest BCUT2D eigenvalue weighted by Gasteiger charge is 2.11. The molecule has 0 aromatic carbocycles. The third-order valence-corrected chi connectivity index (χ3v) is 2.94. The lowest BCUT2D eigenvalue weighted by atomic mass is 10.2. The van der Waals surface area contributed by atoms with E-state index in [2.05, 4.69) is 20.4 Å². The lowest BCUT2D eigenvalue weighted by molar-refractivity contribution is -0.119. The van der Waals surface area contributed by atoms with Gasteiger partial charge in [0.05, 0.1) is 19.9 Å². The number of methoxy groups -OCH3 is 1. The third-order valence-electron chi connectivity index (χ3n) is 2.00. The second-order valence-corrected chi connectivity index (χ2v) is 5.10. The molecule has 0 unspecified atom stereocenters. The molecular formula is C11H17N3O3S. The van der Waals surface area contributed by atoms with Crippen molar-refractivity contribution in [2.75, 3.05) is 25.5 Å². The predicted molar refractivity (Wildman–Crippen MR) is 69.8 cm³/mol. The molecule has 0 aliphatic rings. The van der Waals surface area contributed by atoms with Crippen LogP contribution in [0.25, 0.3) is 0 Å². The van der Waals surface area contributed by atoms with Gasteiger partial charge in [0.15, 0.2) is 5.13 Å². The van der Waals surface area contributed by atoms with Crippen LogP contribution in [0, 0.1) is 5.92 Å². The predicted octanol–water partition coefficient (Wildman–Crippen LogP) is 1.11. The van der Waals surface area contributed by atoms with Crippen molar-refractivity contribution in [3.63, 3.8) is 0 Å². The van der Waals surface area contributed by atoms with Gasteiger partial charge in [0, 0.05) is 6.54 Å². The van der Waals surface area contributed by atoms with Gasteiger partial charge < -0.3 is 15.4 Å². The first kappa shape index (κ1) is 14.4. The van der Waals surface area contributed by atoms with E-state index in [1.807, 2.05) is 13.8 Å². The van der Waals surface area contributed by atoms with Gasteiger partial charge in [0.2, 0.25) is 5.91 Å². The minimum Gasteiger partial charge on any atom is -0.465 e. The number of anilines is 1. The summed E-state index contributed by atoms with van der Waals surface area (Å²) in [4.78, 5) is 27.0. The number of aromatic nitrogens is 1. The molecule has 0 saturated heterocycles. The van der Waals surface area contributed by atoms with Crippen LogP contribution in [0.3, 0.4) is 0 Å². The van der Waals surface area contributed by atoms with E-state index < -0.39 is 5.97 Å². The molecule has 18 heavy (non-hydrogen) atoms. The van der Waals surface area contributed by atoms with Crippen molar-refractivity contribution >= 4 is 28.3 Å². The molecule has 0 bridgehead atoms. The molecule has 1 aromatic rings. The van der Waals surface area contributed by atoms with Gasteiger partial charge in [0.1, 0.15) is 4.88 Å². The average Bonchev–Trinajstić information content (AvgIpc) is 2.81. The summed E-state index contributed by atoms with van der Waals surface area (Å²) in [5.74, 6) is -0.108. The number of hydrogen-bond acceptors (Lipinski definition) is 6. The molecule has 1 aromatic heterocycles. The van der Waals surface area contributed by atoms with Crippen LogP contribution in [0.2, 0.25) is 0 Å². The highest BCUT2D eigenvalue weighted by Crippen LogP contribution is 2.18. The standard InChI is InChI=1S/C11H17N3O3S/c1-7(2)4-12-9(15)6-14-11-13-5-8(18-11)10(16)17-3/h5,7H,4,6H2,1-3H3,(H,12,15)(H,13,14). The molecule has 0 spiro atoms. The summed E-state index contributed by atoms with van der Waals surface area (Å²) in [5, 5.41) is 6.16. The molecule has 2 N–H and O–H groups in total. The summed E-state index contributed by atoms with van der Waals surface area (Å²) in [7, 11) is 1.31. The van der Waals surface area contributed by atoms with E-state index in [-0.39, 0.29) is 12.5 Å². The Hall–Kier alpha value is -1.63. The van der Waals surface area contributed by atoms with Crippen LogP contribution in [0.4, 0.5) is 5.13 Å². The van der Waals surface area contributed by atoms with Crippen molar-refractivity contribution in [3.05, 3.63) is 11.1 Å². The van der Waals surface area contributed by atoms with E-state index in [1.165, 1.54) is 13.3 Å². The van der Waals surface area contributed by atoms with Crippen molar-refractivity contribution in [2.45, 2.75) is 13.8 Å². The summed E-state index contributed by atoms with van der Waals surface area (Å²) < 4.78 is 4.56. The minimum atomic E-state index is -0.426. The molecule has 100 valence electrons. The summed E-state index contributed by atoms with van der Waals surface area (Å²) in [6.07, 6.45) is 1.42. The maximum absolute atomic E-state index is 11.4. The molecule has 1 rings (SSSR count). The summed E-state index contributed by atoms with van der Waals surface area (Å²) in [5.41, 5.74) is 0. The van der Waals surface area contributed by atoms with Gasteiger partial charge in [0.25, 0.3) is 0 Å². The Balaban J connectivity index is 2.37. The zero-order chi connectivity index (χ0) is 13.5. The monoisotopic (exact) mass is 271 g/mol. The Morgan fingerprint density at radius 1 is 1.50 bits per heavy atom. The molecule has 0 atom stereocenters. The largest absolute Gasteiger partial charge is 0.465 e. The number of ether oxygens (including phenoxy) is 1. The smallest absolute Gasteiger partial charge is 0.349 e. The molecule has 1 amide bonds. The fourth-order valence-corrected chi connectivity index (χ4v) is 1.82. The SMILES string of the molecule is COC(=O)c1cnc(NCC(=O)NCC(C)C)s1. The Morgan fingerprint density at radius 3 is 2.83 bits per heavy atom. The fourth-order valence-electron chi connectivity index (χ4n) is 1.09. The lowest BCUT2D eigenvalue weighted by Crippen LogP contribution is -2.32. The van der Waals surface area contributed by atoms with Crippen molar-refractivity contribution in [1.29, 1.82) is 0 Å². The van der Waals surface area contributed by atoms with Crippen molar-refractivity contribution in [3.8, 4) is 0 Å². The summed E-state index contributed by atoms with van der Waals surface area (Å²) in [6.45, 7) is 4.83. The number of rotatable bonds is 6. The van der Waals surface area contributed by atoms with Crippen molar-refractivity contribution < 1.29 is 14.3 Å². The highest BCUT2D eigenvalue weighted by atomic mass is 32.1. The topological polar surface area (TPSA) is 80.3 Å². The average molecular weight is 271 g/mol. The van der Waals surface area contributed by atoms with E-state index in [4.69, 9.17) is 0 Å². The maximum Gasteiger partial charge on any atom is 0.349 e. The quantitative estimate of drug-likeness (QED) is 0.758. The second kappa shape index (κ2) is 6.95. The molecule has 7 heteroatoms. The Labute approximate surface area is 110 Å². The number of carbonyl (C=O) groups is 2. The number of amides is 1. The Bertz CT molecular complexity index is 417. The molecule has 0 aliphatic carbocycles. The van der Waals surface area contributed by atoms with Crippen LogP contribution in [0.5, 0.6) is 0 Å². The summed E-state index contributed by atoms with van der Waals surface area (Å²) in [6, 6.07) is 0. The second-order valence-electron chi connectivity index (χ2n) is 4.07. The van der Waals surface area contributed by atoms with Gasteiger partial charge >= 0.3 is 5.97 Å². The van der Waals surface area contributed by atoms with E-state index in [9.17, 15) is 9.59 Å². The van der Waals surface area contributed by atoms with E-state index in [1.54, 1.807) is 0 Å². The van der Waals surface area contributed by atoms with Gasteiger partial charge in [-0.05, 0) is 5.92 Å². The minimum absolute atomic E-state index is 0.0986. The number of nitrogens with zero attached hydrogens (tertiary/aromatic N) is 1. The van der Waals surface area contributed by atoms with Gasteiger partial charge in [-0.1, -0.05) is 25.2 Å². The van der Waals surface area contributed by atoms with Crippen LogP contribution >= 0.6 is 11.3 Å².